The van der Waals surface area contributed by atoms with Crippen molar-refractivity contribution in [2.45, 2.75) is 26.3 Å². The molecule has 0 heterocycles. The molecule has 0 aliphatic heterocycles. The molecule has 0 aromatic rings. The first-order chi connectivity index (χ1) is 5.56. The van der Waals surface area contributed by atoms with Gasteiger partial charge in [0.05, 0.1) is 25.4 Å². The number of nitrogens with zero attached hydrogens (tertiary/aromatic N) is 1. The monoisotopic (exact) mass is 173 g/mol. The SMILES string of the molecule is COCCOCC=NC(C)(C)C. The number of aliphatic imine (C=N–C) groups is 1. The third-order valence-corrected chi connectivity index (χ3v) is 1.10. The quantitative estimate of drug-likeness (QED) is 0.466. The van der Waals surface area contributed by atoms with Crippen LogP contribution in [0.4, 0.5) is 0 Å². The van der Waals surface area contributed by atoms with Crippen molar-refractivity contribution >= 4 is 6.21 Å². The van der Waals surface area contributed by atoms with E-state index in [0.29, 0.717) is 19.8 Å². The van der Waals surface area contributed by atoms with Gasteiger partial charge in [0, 0.05) is 13.3 Å². The van der Waals surface area contributed by atoms with Crippen LogP contribution in [0.5, 0.6) is 0 Å². The molecule has 12 heavy (non-hydrogen) atoms. The fraction of sp³-hybridized carbons (Fsp3) is 0.889. The van der Waals surface area contributed by atoms with E-state index in [1.807, 2.05) is 0 Å². The normalized spacial score (nSPS) is 12.7. The highest BCUT2D eigenvalue weighted by Gasteiger charge is 2.03. The molecule has 0 atom stereocenters. The van der Waals surface area contributed by atoms with Gasteiger partial charge in [0.1, 0.15) is 0 Å². The first-order valence-electron chi connectivity index (χ1n) is 4.16. The number of rotatable bonds is 5. The van der Waals surface area contributed by atoms with E-state index in [2.05, 4.69) is 25.8 Å². The third kappa shape index (κ3) is 9.59. The summed E-state index contributed by atoms with van der Waals surface area (Å²) in [5, 5.41) is 0. The highest BCUT2D eigenvalue weighted by atomic mass is 16.5. The molecule has 3 heteroatoms. The zero-order valence-electron chi connectivity index (χ0n) is 8.46. The summed E-state index contributed by atoms with van der Waals surface area (Å²) < 4.78 is 10.0. The first kappa shape index (κ1) is 11.6. The van der Waals surface area contributed by atoms with Crippen molar-refractivity contribution in [1.82, 2.24) is 0 Å². The van der Waals surface area contributed by atoms with Gasteiger partial charge in [-0.3, -0.25) is 4.99 Å². The van der Waals surface area contributed by atoms with Crippen LogP contribution in [0.2, 0.25) is 0 Å². The van der Waals surface area contributed by atoms with E-state index < -0.39 is 0 Å². The maximum Gasteiger partial charge on any atom is 0.0815 e. The van der Waals surface area contributed by atoms with E-state index in [0.717, 1.165) is 0 Å². The van der Waals surface area contributed by atoms with Gasteiger partial charge in [-0.25, -0.2) is 0 Å². The Hall–Kier alpha value is -0.410. The smallest absolute Gasteiger partial charge is 0.0815 e. The van der Waals surface area contributed by atoms with Crippen molar-refractivity contribution in [3.8, 4) is 0 Å². The van der Waals surface area contributed by atoms with Crippen molar-refractivity contribution in [3.05, 3.63) is 0 Å². The Morgan fingerprint density at radius 1 is 1.25 bits per heavy atom. The predicted octanol–water partition coefficient (Wildman–Crippen LogP) is 1.52. The van der Waals surface area contributed by atoms with Gasteiger partial charge >= 0.3 is 0 Å². The first-order valence-corrected chi connectivity index (χ1v) is 4.16. The van der Waals surface area contributed by atoms with E-state index in [4.69, 9.17) is 9.47 Å². The van der Waals surface area contributed by atoms with Crippen LogP contribution >= 0.6 is 0 Å². The average molecular weight is 173 g/mol. The Morgan fingerprint density at radius 2 is 1.92 bits per heavy atom. The average Bonchev–Trinajstić information content (AvgIpc) is 1.94. The lowest BCUT2D eigenvalue weighted by Gasteiger charge is -2.10. The van der Waals surface area contributed by atoms with Gasteiger partial charge in [-0.05, 0) is 20.8 Å². The van der Waals surface area contributed by atoms with Crippen LogP contribution in [0.15, 0.2) is 4.99 Å². The summed E-state index contributed by atoms with van der Waals surface area (Å²) in [5.41, 5.74) is 0.00458. The van der Waals surface area contributed by atoms with Crippen LogP contribution in [0.25, 0.3) is 0 Å². The summed E-state index contributed by atoms with van der Waals surface area (Å²) in [6, 6.07) is 0. The maximum absolute atomic E-state index is 5.20. The molecule has 72 valence electrons. The maximum atomic E-state index is 5.20. The lowest BCUT2D eigenvalue weighted by atomic mass is 10.1. The molecule has 0 fully saturated rings. The minimum absolute atomic E-state index is 0.00458. The van der Waals surface area contributed by atoms with E-state index in [9.17, 15) is 0 Å². The van der Waals surface area contributed by atoms with E-state index in [1.165, 1.54) is 0 Å². The molecular weight excluding hydrogens is 154 g/mol. The molecule has 0 bridgehead atoms. The molecule has 3 nitrogen and oxygen atoms in total. The minimum Gasteiger partial charge on any atom is -0.382 e. The number of methoxy groups -OCH3 is 1. The second-order valence-electron chi connectivity index (χ2n) is 3.55. The molecule has 0 saturated carbocycles. The van der Waals surface area contributed by atoms with Crippen LogP contribution in [-0.2, 0) is 9.47 Å². The molecule has 0 radical (unpaired) electrons. The van der Waals surface area contributed by atoms with Gasteiger partial charge in [-0.1, -0.05) is 0 Å². The Bertz CT molecular complexity index is 127. The Kier molecular flexibility index (Phi) is 5.93. The summed E-state index contributed by atoms with van der Waals surface area (Å²) >= 11 is 0. The van der Waals surface area contributed by atoms with E-state index in [1.54, 1.807) is 13.3 Å². The van der Waals surface area contributed by atoms with Crippen molar-refractivity contribution in [3.63, 3.8) is 0 Å². The molecule has 0 N–H and O–H groups in total. The second kappa shape index (κ2) is 6.14. The zero-order valence-corrected chi connectivity index (χ0v) is 8.46. The van der Waals surface area contributed by atoms with Crippen LogP contribution in [-0.4, -0.2) is 38.7 Å². The van der Waals surface area contributed by atoms with E-state index in [-0.39, 0.29) is 5.54 Å². The van der Waals surface area contributed by atoms with Crippen molar-refractivity contribution in [1.29, 1.82) is 0 Å². The van der Waals surface area contributed by atoms with E-state index >= 15 is 0 Å². The van der Waals surface area contributed by atoms with Gasteiger partial charge in [0.15, 0.2) is 0 Å². The molecule has 0 saturated heterocycles. The zero-order chi connectivity index (χ0) is 9.45. The van der Waals surface area contributed by atoms with Crippen molar-refractivity contribution in [2.75, 3.05) is 26.9 Å². The van der Waals surface area contributed by atoms with Gasteiger partial charge < -0.3 is 9.47 Å². The number of hydrogen-bond acceptors (Lipinski definition) is 3. The Balaban J connectivity index is 3.25. The summed E-state index contributed by atoms with van der Waals surface area (Å²) in [4.78, 5) is 4.26. The summed E-state index contributed by atoms with van der Waals surface area (Å²) in [6.45, 7) is 8.01. The largest absolute Gasteiger partial charge is 0.382 e. The van der Waals surface area contributed by atoms with Crippen LogP contribution in [0.3, 0.4) is 0 Å². The number of hydrogen-bond donors (Lipinski definition) is 0. The molecule has 0 aliphatic carbocycles. The molecule has 0 unspecified atom stereocenters. The van der Waals surface area contributed by atoms with Crippen molar-refractivity contribution in [2.24, 2.45) is 4.99 Å². The Morgan fingerprint density at radius 3 is 2.42 bits per heavy atom. The summed E-state index contributed by atoms with van der Waals surface area (Å²) in [5.74, 6) is 0. The standard InChI is InChI=1S/C9H19NO2/c1-9(2,3)10-5-6-12-8-7-11-4/h5H,6-8H2,1-4H3. The van der Waals surface area contributed by atoms with Crippen LogP contribution in [0.1, 0.15) is 20.8 Å². The highest BCUT2D eigenvalue weighted by molar-refractivity contribution is 5.59. The molecule has 0 amide bonds. The molecule has 0 rings (SSSR count). The van der Waals surface area contributed by atoms with Crippen LogP contribution in [0, 0.1) is 0 Å². The van der Waals surface area contributed by atoms with Crippen LogP contribution < -0.4 is 0 Å². The fourth-order valence-corrected chi connectivity index (χ4v) is 0.589. The lowest BCUT2D eigenvalue weighted by molar-refractivity contribution is 0.0910. The van der Waals surface area contributed by atoms with Crippen molar-refractivity contribution < 1.29 is 9.47 Å². The van der Waals surface area contributed by atoms with Gasteiger partial charge in [-0.15, -0.1) is 0 Å². The summed E-state index contributed by atoms with van der Waals surface area (Å²) in [7, 11) is 1.66. The molecular formula is C9H19NO2. The third-order valence-electron chi connectivity index (χ3n) is 1.10. The highest BCUT2D eigenvalue weighted by Crippen LogP contribution is 2.03. The summed E-state index contributed by atoms with van der Waals surface area (Å²) in [6.07, 6.45) is 1.80. The lowest BCUT2D eigenvalue weighted by Crippen LogP contribution is -2.11. The van der Waals surface area contributed by atoms with Gasteiger partial charge in [-0.2, -0.15) is 0 Å². The second-order valence-corrected chi connectivity index (χ2v) is 3.55. The molecule has 0 spiro atoms. The fourth-order valence-electron chi connectivity index (χ4n) is 0.589. The molecule has 0 aliphatic rings. The predicted molar refractivity (Wildman–Crippen MR) is 50.9 cm³/mol. The minimum atomic E-state index is 0.00458. The number of ether oxygens (including phenoxy) is 2. The van der Waals surface area contributed by atoms with Gasteiger partial charge in [0.2, 0.25) is 0 Å². The van der Waals surface area contributed by atoms with Gasteiger partial charge in [0.25, 0.3) is 0 Å². The molecule has 0 aromatic heterocycles. The Labute approximate surface area is 74.8 Å². The molecule has 0 aromatic carbocycles. The topological polar surface area (TPSA) is 30.8 Å².